The van der Waals surface area contributed by atoms with E-state index in [2.05, 4.69) is 121 Å². The van der Waals surface area contributed by atoms with Gasteiger partial charge in [-0.2, -0.15) is 0 Å². The number of Topliss-reactive ketones (excluding diaryl/α,β-unsaturated/α-hetero) is 2. The number of likely N-dealkylation sites (tertiary alicyclic amines) is 2. The van der Waals surface area contributed by atoms with Crippen LogP contribution < -0.4 is 5.32 Å². The van der Waals surface area contributed by atoms with Crippen LogP contribution in [-0.4, -0.2) is 95.0 Å². The van der Waals surface area contributed by atoms with Crippen molar-refractivity contribution < 1.29 is 24.6 Å². The average molecular weight is 979 g/mol. The normalized spacial score (nSPS) is 22.1. The summed E-state index contributed by atoms with van der Waals surface area (Å²) in [4.78, 5) is 36.9. The van der Waals surface area contributed by atoms with Crippen LogP contribution in [0.3, 0.4) is 0 Å². The zero-order valence-corrected chi connectivity index (χ0v) is 48.2. The highest BCUT2D eigenvalue weighted by atomic mass is 16.3. The van der Waals surface area contributed by atoms with Crippen molar-refractivity contribution in [2.75, 3.05) is 45.8 Å². The van der Waals surface area contributed by atoms with Crippen molar-refractivity contribution in [1.29, 1.82) is 0 Å². The molecule has 0 aromatic rings. The summed E-state index contributed by atoms with van der Waals surface area (Å²) in [6.45, 7) is 53.0. The average Bonchev–Trinajstić information content (AvgIpc) is 3.20. The summed E-state index contributed by atoms with van der Waals surface area (Å²) in [5, 5.41) is 23.1. The second-order valence-electron chi connectivity index (χ2n) is 27.7. The maximum atomic E-state index is 11.3. The molecule has 1 amide bonds. The second kappa shape index (κ2) is 31.9. The SMILES string of the molecule is C.C.C=CC(=O)N1CCC(C(C)(C)C)CC1.CC(=O)C(C)(C)C.CC(=O)CN1CCC(C(C)(C)C)CC1.CC(C)(C)C1(O)CCNCC1.CC(C)(C)C1CCCCC1.CC(C)(C)C1CCCCC1O. The molecule has 3 saturated heterocycles. The molecule has 2 unspecified atom stereocenters. The number of nitrogens with one attached hydrogen (secondary N) is 1. The van der Waals surface area contributed by atoms with Gasteiger partial charge in [0.2, 0.25) is 5.91 Å². The lowest BCUT2D eigenvalue weighted by molar-refractivity contribution is -0.128. The lowest BCUT2D eigenvalue weighted by Gasteiger charge is -2.43. The van der Waals surface area contributed by atoms with E-state index in [4.69, 9.17) is 0 Å². The van der Waals surface area contributed by atoms with Crippen LogP contribution in [0.4, 0.5) is 0 Å². The van der Waals surface area contributed by atoms with Gasteiger partial charge in [-0.25, -0.2) is 0 Å². The molecule has 2 saturated carbocycles. The Morgan fingerprint density at radius 3 is 1.22 bits per heavy atom. The number of carbonyl (C=O) groups is 3. The molecule has 0 spiro atoms. The minimum absolute atomic E-state index is 0. The molecule has 2 atom stereocenters. The van der Waals surface area contributed by atoms with Gasteiger partial charge in [-0.3, -0.25) is 19.3 Å². The Morgan fingerprint density at radius 1 is 0.580 bits per heavy atom. The number of hydrogen-bond donors (Lipinski definition) is 3. The fraction of sp³-hybridized carbons (Fsp3) is 0.918. The van der Waals surface area contributed by atoms with Crippen molar-refractivity contribution in [3.05, 3.63) is 12.7 Å². The number of piperidine rings is 3. The number of rotatable bonds is 3. The van der Waals surface area contributed by atoms with Gasteiger partial charge in [-0.1, -0.05) is 178 Å². The number of hydrogen-bond acceptors (Lipinski definition) is 7. The minimum atomic E-state index is -0.446. The number of carbonyl (C=O) groups excluding carboxylic acids is 3. The molecular formula is C61H123N3O5. The Morgan fingerprint density at radius 2 is 0.942 bits per heavy atom. The fourth-order valence-corrected chi connectivity index (χ4v) is 10.0. The Kier molecular flexibility index (Phi) is 33.1. The molecule has 8 heteroatoms. The molecule has 3 heterocycles. The van der Waals surface area contributed by atoms with Crippen LogP contribution in [0, 0.1) is 56.2 Å². The number of aliphatic hydroxyl groups excluding tert-OH is 1. The van der Waals surface area contributed by atoms with E-state index >= 15 is 0 Å². The summed E-state index contributed by atoms with van der Waals surface area (Å²) in [6.07, 6.45) is 20.0. The van der Waals surface area contributed by atoms with Crippen molar-refractivity contribution in [2.45, 2.75) is 261 Å². The van der Waals surface area contributed by atoms with Crippen LogP contribution in [0.15, 0.2) is 12.7 Å². The van der Waals surface area contributed by atoms with Gasteiger partial charge in [0, 0.05) is 18.5 Å². The Labute approximate surface area is 431 Å². The molecule has 5 aliphatic rings. The van der Waals surface area contributed by atoms with Crippen molar-refractivity contribution in [2.24, 2.45) is 56.2 Å². The summed E-state index contributed by atoms with van der Waals surface area (Å²) < 4.78 is 0. The van der Waals surface area contributed by atoms with Crippen LogP contribution in [0.1, 0.15) is 250 Å². The van der Waals surface area contributed by atoms with Gasteiger partial charge < -0.3 is 20.4 Å². The van der Waals surface area contributed by atoms with E-state index in [1.54, 1.807) is 13.8 Å². The van der Waals surface area contributed by atoms with Gasteiger partial charge in [0.25, 0.3) is 0 Å². The van der Waals surface area contributed by atoms with Gasteiger partial charge >= 0.3 is 0 Å². The number of amides is 1. The van der Waals surface area contributed by atoms with Gasteiger partial charge in [-0.05, 0) is 161 Å². The van der Waals surface area contributed by atoms with E-state index in [1.165, 1.54) is 70.3 Å². The van der Waals surface area contributed by atoms with Crippen molar-refractivity contribution >= 4 is 17.5 Å². The molecule has 5 rings (SSSR count). The van der Waals surface area contributed by atoms with Crippen LogP contribution in [0.25, 0.3) is 0 Å². The third kappa shape index (κ3) is 29.6. The monoisotopic (exact) mass is 978 g/mol. The van der Waals surface area contributed by atoms with E-state index < -0.39 is 5.60 Å². The van der Waals surface area contributed by atoms with Crippen molar-refractivity contribution in [3.63, 3.8) is 0 Å². The third-order valence-corrected chi connectivity index (χ3v) is 16.0. The summed E-state index contributed by atoms with van der Waals surface area (Å²) in [5.74, 6) is 3.71. The van der Waals surface area contributed by atoms with Gasteiger partial charge in [0.05, 0.1) is 18.2 Å². The predicted octanol–water partition coefficient (Wildman–Crippen LogP) is 15.0. The van der Waals surface area contributed by atoms with Gasteiger partial charge in [0.1, 0.15) is 11.6 Å². The van der Waals surface area contributed by atoms with Crippen molar-refractivity contribution in [3.8, 4) is 0 Å². The minimum Gasteiger partial charge on any atom is -0.393 e. The van der Waals surface area contributed by atoms with Gasteiger partial charge in [-0.15, -0.1) is 0 Å². The fourth-order valence-electron chi connectivity index (χ4n) is 10.0. The number of nitrogens with zero attached hydrogens (tertiary/aromatic N) is 2. The summed E-state index contributed by atoms with van der Waals surface area (Å²) in [6, 6.07) is 0. The zero-order valence-electron chi connectivity index (χ0n) is 48.2. The molecule has 3 aliphatic heterocycles. The Balaban J connectivity index is -0.000000762. The van der Waals surface area contributed by atoms with Crippen LogP contribution in [-0.2, 0) is 14.4 Å². The zero-order chi connectivity index (χ0) is 52.2. The largest absolute Gasteiger partial charge is 0.393 e. The lowest BCUT2D eigenvalue weighted by Crippen LogP contribution is -2.50. The molecule has 0 radical (unpaired) electrons. The first kappa shape index (κ1) is 71.6. The highest BCUT2D eigenvalue weighted by Crippen LogP contribution is 2.40. The number of ketones is 2. The third-order valence-electron chi connectivity index (χ3n) is 16.0. The first-order valence-electron chi connectivity index (χ1n) is 27.1. The molecule has 0 aromatic carbocycles. The molecule has 0 bridgehead atoms. The lowest BCUT2D eigenvalue weighted by atomic mass is 9.71. The molecule has 2 aliphatic carbocycles. The standard InChI is InChI=1S/C12H23NO.C12H21NO.C10H20O.C10H20.C9H19NO.C6H12O.2CH4/c1-10(14)9-13-7-5-11(6-8-13)12(2,3)4;1-5-11(14)13-8-6-10(7-9-13)12(2,3)4;1-10(2,3)8-6-4-5-7-9(8)11;1-10(2,3)9-7-5-4-6-8-9;1-8(2,3)9(11)4-6-10-7-5-9;1-5(7)6(2,3)4;;/h11H,5-9H2,1-4H3;5,10H,1,6-9H2,2-4H3;8-9,11H,4-7H2,1-3H3;9H,4-8H2,1-3H3;10-11H,4-7H2,1-3H3;1-4H3;2*1H4. The Bertz CT molecular complexity index is 1380. The van der Waals surface area contributed by atoms with Crippen LogP contribution >= 0.6 is 0 Å². The quantitative estimate of drug-likeness (QED) is 0.242. The first-order valence-corrected chi connectivity index (χ1v) is 27.1. The van der Waals surface area contributed by atoms with Gasteiger partial charge in [0.15, 0.2) is 0 Å². The van der Waals surface area contributed by atoms with E-state index in [1.807, 2.05) is 25.7 Å². The molecular weight excluding hydrogens is 855 g/mol. The highest BCUT2D eigenvalue weighted by Gasteiger charge is 2.40. The summed E-state index contributed by atoms with van der Waals surface area (Å²) in [7, 11) is 0. The van der Waals surface area contributed by atoms with E-state index in [0.717, 1.165) is 89.1 Å². The predicted molar refractivity (Wildman–Crippen MR) is 302 cm³/mol. The van der Waals surface area contributed by atoms with E-state index in [-0.39, 0.29) is 43.5 Å². The van der Waals surface area contributed by atoms with Crippen LogP contribution in [0.2, 0.25) is 0 Å². The molecule has 412 valence electrons. The summed E-state index contributed by atoms with van der Waals surface area (Å²) >= 11 is 0. The maximum absolute atomic E-state index is 11.3. The Hall–Kier alpha value is -1.61. The second-order valence-corrected chi connectivity index (χ2v) is 27.7. The van der Waals surface area contributed by atoms with Crippen LogP contribution in [0.5, 0.6) is 0 Å². The molecule has 69 heavy (non-hydrogen) atoms. The topological polar surface area (TPSA) is 110 Å². The molecule has 3 N–H and O–H groups in total. The highest BCUT2D eigenvalue weighted by molar-refractivity contribution is 5.87. The maximum Gasteiger partial charge on any atom is 0.245 e. The molecule has 5 fully saturated rings. The van der Waals surface area contributed by atoms with E-state index in [9.17, 15) is 24.6 Å². The number of aliphatic hydroxyl groups is 2. The summed E-state index contributed by atoms with van der Waals surface area (Å²) in [5.41, 5.74) is 1.11. The first-order chi connectivity index (χ1) is 30.4. The smallest absolute Gasteiger partial charge is 0.245 e. The molecule has 8 nitrogen and oxygen atoms in total. The van der Waals surface area contributed by atoms with Crippen molar-refractivity contribution in [1.82, 2.24) is 15.1 Å². The van der Waals surface area contributed by atoms with E-state index in [0.29, 0.717) is 39.9 Å². The molecule has 0 aromatic heterocycles.